The molecule has 1 aliphatic rings. The highest BCUT2D eigenvalue weighted by molar-refractivity contribution is 9.10. The molecule has 3 aromatic carbocycles. The summed E-state index contributed by atoms with van der Waals surface area (Å²) < 4.78 is 12.8. The smallest absolute Gasteiger partial charge is 0.297 e. The number of anilines is 1. The zero-order valence-electron chi connectivity index (χ0n) is 20.0. The minimum Gasteiger partial charge on any atom is -0.489 e. The maximum absolute atomic E-state index is 13.8. The molecule has 1 atom stereocenters. The van der Waals surface area contributed by atoms with Crippen molar-refractivity contribution in [3.63, 3.8) is 0 Å². The molecule has 6 rings (SSSR count). The lowest BCUT2D eigenvalue weighted by atomic mass is 9.98. The van der Waals surface area contributed by atoms with Gasteiger partial charge in [0.2, 0.25) is 5.76 Å². The average molecular weight is 573 g/mol. The fraction of sp³-hybridized carbons (Fsp3) is 0.138. The number of aryl methyl sites for hydroxylation is 2. The predicted octanol–water partition coefficient (Wildman–Crippen LogP) is 6.96. The Balaban J connectivity index is 1.45. The van der Waals surface area contributed by atoms with Crippen LogP contribution in [0.3, 0.4) is 0 Å². The number of benzene rings is 3. The van der Waals surface area contributed by atoms with Crippen LogP contribution in [0, 0.1) is 13.8 Å². The number of thiazole rings is 1. The first kappa shape index (κ1) is 23.6. The van der Waals surface area contributed by atoms with Gasteiger partial charge in [-0.3, -0.25) is 14.5 Å². The zero-order valence-corrected chi connectivity index (χ0v) is 22.4. The Morgan fingerprint density at radius 1 is 1.03 bits per heavy atom. The molecule has 0 fully saturated rings. The summed E-state index contributed by atoms with van der Waals surface area (Å²) in [6, 6.07) is 22.0. The second-order valence-corrected chi connectivity index (χ2v) is 11.0. The minimum absolute atomic E-state index is 0.0553. The Morgan fingerprint density at radius 3 is 2.49 bits per heavy atom. The van der Waals surface area contributed by atoms with Gasteiger partial charge in [-0.2, -0.15) is 0 Å². The normalized spacial score (nSPS) is 14.8. The molecule has 0 aliphatic carbocycles. The highest BCUT2D eigenvalue weighted by Crippen LogP contribution is 2.43. The Morgan fingerprint density at radius 2 is 1.78 bits per heavy atom. The Hall–Kier alpha value is -3.75. The number of amides is 1. The molecule has 6 nitrogen and oxygen atoms in total. The summed E-state index contributed by atoms with van der Waals surface area (Å²) in [6.45, 7) is 4.32. The second kappa shape index (κ2) is 9.28. The van der Waals surface area contributed by atoms with Crippen molar-refractivity contribution in [2.24, 2.45) is 0 Å². The molecule has 1 unspecified atom stereocenters. The molecule has 0 bridgehead atoms. The van der Waals surface area contributed by atoms with Gasteiger partial charge >= 0.3 is 0 Å². The van der Waals surface area contributed by atoms with E-state index < -0.39 is 6.04 Å². The van der Waals surface area contributed by atoms with E-state index in [0.29, 0.717) is 34.0 Å². The van der Waals surface area contributed by atoms with E-state index in [-0.39, 0.29) is 17.1 Å². The molecule has 3 heterocycles. The quantitative estimate of drug-likeness (QED) is 0.227. The monoisotopic (exact) mass is 572 g/mol. The number of fused-ring (bicyclic) bond motifs is 2. The fourth-order valence-corrected chi connectivity index (χ4v) is 5.80. The molecule has 184 valence electrons. The molecular formula is C29H21BrN2O4S. The van der Waals surface area contributed by atoms with E-state index >= 15 is 0 Å². The Kier molecular flexibility index (Phi) is 5.93. The van der Waals surface area contributed by atoms with Crippen LogP contribution in [0.5, 0.6) is 5.75 Å². The van der Waals surface area contributed by atoms with Crippen molar-refractivity contribution in [2.45, 2.75) is 26.5 Å². The zero-order chi connectivity index (χ0) is 25.7. The van der Waals surface area contributed by atoms with Crippen molar-refractivity contribution < 1.29 is 13.9 Å². The van der Waals surface area contributed by atoms with Crippen LogP contribution < -0.4 is 15.1 Å². The van der Waals surface area contributed by atoms with Gasteiger partial charge in [0.25, 0.3) is 5.91 Å². The van der Waals surface area contributed by atoms with E-state index in [0.717, 1.165) is 26.2 Å². The maximum atomic E-state index is 13.8. The lowest BCUT2D eigenvalue weighted by Gasteiger charge is -2.22. The summed E-state index contributed by atoms with van der Waals surface area (Å²) in [5, 5.41) is 0.951. The first-order valence-electron chi connectivity index (χ1n) is 11.7. The minimum atomic E-state index is -0.671. The van der Waals surface area contributed by atoms with E-state index in [1.807, 2.05) is 68.4 Å². The number of hydrogen-bond acceptors (Lipinski definition) is 6. The summed E-state index contributed by atoms with van der Waals surface area (Å²) >= 11 is 4.86. The number of nitrogens with zero attached hydrogens (tertiary/aromatic N) is 2. The largest absolute Gasteiger partial charge is 0.489 e. The molecule has 0 saturated heterocycles. The van der Waals surface area contributed by atoms with Gasteiger partial charge < -0.3 is 9.15 Å². The molecule has 5 aromatic rings. The van der Waals surface area contributed by atoms with E-state index in [1.54, 1.807) is 23.1 Å². The topological polar surface area (TPSA) is 72.6 Å². The summed E-state index contributed by atoms with van der Waals surface area (Å²) in [6.07, 6.45) is 0. The van der Waals surface area contributed by atoms with Crippen molar-refractivity contribution in [1.29, 1.82) is 0 Å². The molecule has 2 aromatic heterocycles. The summed E-state index contributed by atoms with van der Waals surface area (Å²) in [5.41, 5.74) is 3.15. The molecule has 1 amide bonds. The highest BCUT2D eigenvalue weighted by Gasteiger charge is 2.45. The SMILES string of the molecule is Cc1nc(N2C(=O)c3oc4ccc(Br)cc4c(=O)c3C2c2ccc(OCc3ccccc3)cc2)sc1C. The molecule has 1 aliphatic heterocycles. The third kappa shape index (κ3) is 4.16. The van der Waals surface area contributed by atoms with Crippen molar-refractivity contribution in [1.82, 2.24) is 4.98 Å². The predicted molar refractivity (Wildman–Crippen MR) is 148 cm³/mol. The van der Waals surface area contributed by atoms with Crippen LogP contribution in [0.1, 0.15) is 43.9 Å². The van der Waals surface area contributed by atoms with Gasteiger partial charge in [0.1, 0.15) is 17.9 Å². The van der Waals surface area contributed by atoms with Gasteiger partial charge in [0.05, 0.1) is 22.7 Å². The van der Waals surface area contributed by atoms with Crippen molar-refractivity contribution in [3.8, 4) is 5.75 Å². The van der Waals surface area contributed by atoms with Gasteiger partial charge in [-0.25, -0.2) is 4.98 Å². The van der Waals surface area contributed by atoms with E-state index in [2.05, 4.69) is 20.9 Å². The highest BCUT2D eigenvalue weighted by atomic mass is 79.9. The third-order valence-corrected chi connectivity index (χ3v) is 8.07. The lowest BCUT2D eigenvalue weighted by Crippen LogP contribution is -2.29. The van der Waals surface area contributed by atoms with Gasteiger partial charge in [0.15, 0.2) is 10.6 Å². The van der Waals surface area contributed by atoms with Crippen molar-refractivity contribution in [2.75, 3.05) is 4.90 Å². The van der Waals surface area contributed by atoms with Gasteiger partial charge in [-0.15, -0.1) is 11.3 Å². The standard InChI is InChI=1S/C29H21BrN2O4S/c1-16-17(2)37-29(31-16)32-25(19-8-11-21(12-9-19)35-15-18-6-4-3-5-7-18)24-26(33)22-14-20(30)10-13-23(22)36-27(24)28(32)34/h3-14,25H,15H2,1-2H3. The van der Waals surface area contributed by atoms with Crippen molar-refractivity contribution >= 4 is 49.3 Å². The molecule has 0 saturated carbocycles. The van der Waals surface area contributed by atoms with Gasteiger partial charge in [-0.05, 0) is 55.3 Å². The Labute approximate surface area is 225 Å². The number of carbonyl (C=O) groups is 1. The number of hydrogen-bond donors (Lipinski definition) is 0. The number of ether oxygens (including phenoxy) is 1. The maximum Gasteiger partial charge on any atom is 0.297 e. The number of aromatic nitrogens is 1. The lowest BCUT2D eigenvalue weighted by molar-refractivity contribution is 0.0971. The van der Waals surface area contributed by atoms with Crippen LogP contribution in [0.15, 0.2) is 86.5 Å². The molecular weight excluding hydrogens is 552 g/mol. The summed E-state index contributed by atoms with van der Waals surface area (Å²) in [5.74, 6) is 0.374. The van der Waals surface area contributed by atoms with Gasteiger partial charge in [0, 0.05) is 9.35 Å². The second-order valence-electron chi connectivity index (χ2n) is 8.87. The summed E-state index contributed by atoms with van der Waals surface area (Å²) in [4.78, 5) is 34.7. The van der Waals surface area contributed by atoms with E-state index in [9.17, 15) is 9.59 Å². The van der Waals surface area contributed by atoms with Crippen LogP contribution >= 0.6 is 27.3 Å². The first-order chi connectivity index (χ1) is 17.9. The first-order valence-corrected chi connectivity index (χ1v) is 13.3. The number of rotatable bonds is 5. The van der Waals surface area contributed by atoms with Crippen LogP contribution in [-0.2, 0) is 6.61 Å². The van der Waals surface area contributed by atoms with Crippen LogP contribution in [0.4, 0.5) is 5.13 Å². The van der Waals surface area contributed by atoms with Gasteiger partial charge in [-0.1, -0.05) is 58.4 Å². The number of halogens is 1. The average Bonchev–Trinajstić information content (AvgIpc) is 3.39. The van der Waals surface area contributed by atoms with Crippen molar-refractivity contribution in [3.05, 3.63) is 121 Å². The molecule has 0 spiro atoms. The van der Waals surface area contributed by atoms with Crippen LogP contribution in [0.25, 0.3) is 11.0 Å². The summed E-state index contributed by atoms with van der Waals surface area (Å²) in [7, 11) is 0. The van der Waals surface area contributed by atoms with E-state index in [4.69, 9.17) is 9.15 Å². The van der Waals surface area contributed by atoms with Crippen LogP contribution in [0.2, 0.25) is 0 Å². The molecule has 37 heavy (non-hydrogen) atoms. The third-order valence-electron chi connectivity index (χ3n) is 6.50. The fourth-order valence-electron chi connectivity index (χ4n) is 4.50. The molecule has 0 N–H and O–H groups in total. The number of carbonyl (C=O) groups excluding carboxylic acids is 1. The van der Waals surface area contributed by atoms with Crippen LogP contribution in [-0.4, -0.2) is 10.9 Å². The molecule has 0 radical (unpaired) electrons. The Bertz CT molecular complexity index is 1690. The van der Waals surface area contributed by atoms with E-state index in [1.165, 1.54) is 11.3 Å². The molecule has 8 heteroatoms.